The second-order valence-corrected chi connectivity index (χ2v) is 5.87. The second kappa shape index (κ2) is 4.86. The molecule has 2 aliphatic heterocycles. The number of nitrogens with zero attached hydrogens (tertiary/aromatic N) is 2. The molecule has 1 fully saturated rings. The highest BCUT2D eigenvalue weighted by atomic mass is 32.2. The number of hydrogen-bond acceptors (Lipinski definition) is 4. The van der Waals surface area contributed by atoms with E-state index in [1.54, 1.807) is 0 Å². The average molecular weight is 289 g/mol. The van der Waals surface area contributed by atoms with Gasteiger partial charge in [-0.05, 0) is 12.5 Å². The lowest BCUT2D eigenvalue weighted by molar-refractivity contribution is -0.138. The summed E-state index contributed by atoms with van der Waals surface area (Å²) >= 11 is 1.47. The molecule has 19 heavy (non-hydrogen) atoms. The molecule has 104 valence electrons. The molecule has 0 bridgehead atoms. The van der Waals surface area contributed by atoms with Crippen molar-refractivity contribution in [2.75, 3.05) is 30.3 Å². The summed E-state index contributed by atoms with van der Waals surface area (Å²) in [6.07, 6.45) is -2.41. The summed E-state index contributed by atoms with van der Waals surface area (Å²) in [6, 6.07) is 1.57. The van der Waals surface area contributed by atoms with Gasteiger partial charge in [-0.3, -0.25) is 0 Å². The number of pyridine rings is 1. The first-order valence-corrected chi connectivity index (χ1v) is 7.21. The highest BCUT2D eigenvalue weighted by molar-refractivity contribution is 7.99. The predicted molar refractivity (Wildman–Crippen MR) is 68.6 cm³/mol. The largest absolute Gasteiger partial charge is 0.417 e. The minimum Gasteiger partial charge on any atom is -0.350 e. The summed E-state index contributed by atoms with van der Waals surface area (Å²) in [7, 11) is 0. The number of rotatable bonds is 0. The van der Waals surface area contributed by atoms with Crippen LogP contribution in [0.2, 0.25) is 0 Å². The Balaban J connectivity index is 1.99. The van der Waals surface area contributed by atoms with Crippen molar-refractivity contribution in [3.05, 3.63) is 17.8 Å². The van der Waals surface area contributed by atoms with Gasteiger partial charge in [-0.15, -0.1) is 11.8 Å². The third kappa shape index (κ3) is 2.53. The number of nitrogens with one attached hydrogen (secondary N) is 1. The van der Waals surface area contributed by atoms with Crippen LogP contribution >= 0.6 is 11.8 Å². The highest BCUT2D eigenvalue weighted by Gasteiger charge is 2.34. The summed E-state index contributed by atoms with van der Waals surface area (Å²) < 4.78 is 38.2. The first-order valence-electron chi connectivity index (χ1n) is 6.23. The van der Waals surface area contributed by atoms with E-state index >= 15 is 0 Å². The van der Waals surface area contributed by atoms with Gasteiger partial charge in [-0.1, -0.05) is 0 Å². The molecule has 1 saturated heterocycles. The normalized spacial score (nSPS) is 23.5. The van der Waals surface area contributed by atoms with Gasteiger partial charge in [0.2, 0.25) is 0 Å². The van der Waals surface area contributed by atoms with Crippen molar-refractivity contribution in [2.24, 2.45) is 0 Å². The Bertz CT molecular complexity index is 478. The van der Waals surface area contributed by atoms with E-state index in [0.29, 0.717) is 16.8 Å². The second-order valence-electron chi connectivity index (χ2n) is 4.73. The number of thioether (sulfide) groups is 1. The van der Waals surface area contributed by atoms with Gasteiger partial charge in [-0.2, -0.15) is 13.2 Å². The molecule has 0 amide bonds. The van der Waals surface area contributed by atoms with E-state index < -0.39 is 11.7 Å². The fourth-order valence-corrected chi connectivity index (χ4v) is 3.64. The fraction of sp³-hybridized carbons (Fsp3) is 0.583. The van der Waals surface area contributed by atoms with Crippen LogP contribution in [0.4, 0.5) is 19.0 Å². The minimum atomic E-state index is -4.32. The van der Waals surface area contributed by atoms with Crippen LogP contribution in [0.3, 0.4) is 0 Å². The van der Waals surface area contributed by atoms with Crippen molar-refractivity contribution in [3.63, 3.8) is 0 Å². The Morgan fingerprint density at radius 1 is 1.42 bits per heavy atom. The summed E-state index contributed by atoms with van der Waals surface area (Å²) in [5, 5.41) is 3.32. The molecule has 0 spiro atoms. The van der Waals surface area contributed by atoms with Crippen LogP contribution in [0, 0.1) is 0 Å². The van der Waals surface area contributed by atoms with E-state index in [0.717, 1.165) is 38.0 Å². The quantitative estimate of drug-likeness (QED) is 0.794. The van der Waals surface area contributed by atoms with Crippen molar-refractivity contribution >= 4 is 17.6 Å². The molecule has 3 rings (SSSR count). The third-order valence-corrected chi connectivity index (χ3v) is 4.54. The Morgan fingerprint density at radius 3 is 3.05 bits per heavy atom. The first-order chi connectivity index (χ1) is 9.05. The van der Waals surface area contributed by atoms with Gasteiger partial charge in [0.05, 0.1) is 10.5 Å². The zero-order chi connectivity index (χ0) is 13.5. The van der Waals surface area contributed by atoms with Crippen LogP contribution in [0.1, 0.15) is 12.0 Å². The van der Waals surface area contributed by atoms with Crippen LogP contribution in [0.25, 0.3) is 0 Å². The van der Waals surface area contributed by atoms with Crippen LogP contribution in [-0.2, 0) is 6.18 Å². The topological polar surface area (TPSA) is 28.2 Å². The van der Waals surface area contributed by atoms with E-state index in [2.05, 4.69) is 15.2 Å². The SMILES string of the molecule is FC(F)(F)c1cnc2c(c1)SCCC1CNCCN21. The average Bonchev–Trinajstić information content (AvgIpc) is 2.56. The van der Waals surface area contributed by atoms with Crippen molar-refractivity contribution in [1.82, 2.24) is 10.3 Å². The van der Waals surface area contributed by atoms with E-state index in [1.807, 2.05) is 0 Å². The molecule has 0 aliphatic carbocycles. The van der Waals surface area contributed by atoms with Crippen molar-refractivity contribution in [3.8, 4) is 0 Å². The van der Waals surface area contributed by atoms with Crippen LogP contribution in [-0.4, -0.2) is 36.4 Å². The summed E-state index contributed by atoms with van der Waals surface area (Å²) in [5.74, 6) is 1.54. The van der Waals surface area contributed by atoms with Gasteiger partial charge < -0.3 is 10.2 Å². The molecule has 0 radical (unpaired) electrons. The van der Waals surface area contributed by atoms with Gasteiger partial charge >= 0.3 is 6.18 Å². The smallest absolute Gasteiger partial charge is 0.350 e. The number of anilines is 1. The molecule has 2 aliphatic rings. The van der Waals surface area contributed by atoms with Crippen LogP contribution in [0.5, 0.6) is 0 Å². The maximum absolute atomic E-state index is 12.7. The maximum atomic E-state index is 12.7. The molecule has 1 atom stereocenters. The lowest BCUT2D eigenvalue weighted by atomic mass is 10.1. The summed E-state index contributed by atoms with van der Waals surface area (Å²) in [5.41, 5.74) is -0.660. The molecule has 1 unspecified atom stereocenters. The predicted octanol–water partition coefficient (Wildman–Crippen LogP) is 2.37. The van der Waals surface area contributed by atoms with Gasteiger partial charge in [0.1, 0.15) is 5.82 Å². The molecule has 3 heterocycles. The molecule has 1 N–H and O–H groups in total. The molecule has 7 heteroatoms. The lowest BCUT2D eigenvalue weighted by Crippen LogP contribution is -2.51. The first kappa shape index (κ1) is 13.1. The molecular formula is C12H14F3N3S. The summed E-state index contributed by atoms with van der Waals surface area (Å²) in [6.45, 7) is 2.53. The van der Waals surface area contributed by atoms with E-state index in [4.69, 9.17) is 0 Å². The number of piperazine rings is 1. The Morgan fingerprint density at radius 2 is 2.26 bits per heavy atom. The Hall–Kier alpha value is -0.950. The van der Waals surface area contributed by atoms with Gasteiger partial charge in [0.15, 0.2) is 0 Å². The van der Waals surface area contributed by atoms with E-state index in [1.165, 1.54) is 17.8 Å². The van der Waals surface area contributed by atoms with Gasteiger partial charge in [-0.25, -0.2) is 4.98 Å². The molecular weight excluding hydrogens is 275 g/mol. The van der Waals surface area contributed by atoms with Crippen molar-refractivity contribution in [1.29, 1.82) is 0 Å². The van der Waals surface area contributed by atoms with Gasteiger partial charge in [0.25, 0.3) is 0 Å². The van der Waals surface area contributed by atoms with E-state index in [9.17, 15) is 13.2 Å². The maximum Gasteiger partial charge on any atom is 0.417 e. The van der Waals surface area contributed by atoms with Crippen molar-refractivity contribution < 1.29 is 13.2 Å². The number of hydrogen-bond donors (Lipinski definition) is 1. The molecule has 0 saturated carbocycles. The number of aromatic nitrogens is 1. The number of halogens is 3. The molecule has 0 aromatic carbocycles. The summed E-state index contributed by atoms with van der Waals surface area (Å²) in [4.78, 5) is 6.88. The zero-order valence-corrected chi connectivity index (χ0v) is 11.0. The fourth-order valence-electron chi connectivity index (χ4n) is 2.52. The Kier molecular flexibility index (Phi) is 3.34. The van der Waals surface area contributed by atoms with Crippen LogP contribution in [0.15, 0.2) is 17.2 Å². The van der Waals surface area contributed by atoms with Crippen LogP contribution < -0.4 is 10.2 Å². The lowest BCUT2D eigenvalue weighted by Gasteiger charge is -2.36. The standard InChI is InChI=1S/C12H14F3N3S/c13-12(14,15)8-5-10-11(17-6-8)18-3-2-16-7-9(18)1-4-19-10/h5-6,9,16H,1-4,7H2. The van der Waals surface area contributed by atoms with Gasteiger partial charge in [0, 0.05) is 37.6 Å². The molecule has 3 nitrogen and oxygen atoms in total. The molecule has 1 aromatic rings. The zero-order valence-electron chi connectivity index (χ0n) is 10.2. The monoisotopic (exact) mass is 289 g/mol. The Labute approximate surface area is 113 Å². The highest BCUT2D eigenvalue weighted by Crippen LogP contribution is 2.38. The van der Waals surface area contributed by atoms with Crippen molar-refractivity contribution in [2.45, 2.75) is 23.5 Å². The minimum absolute atomic E-state index is 0.340. The third-order valence-electron chi connectivity index (χ3n) is 3.49. The number of fused-ring (bicyclic) bond motifs is 3. The number of alkyl halides is 3. The molecule has 1 aromatic heterocycles. The van der Waals surface area contributed by atoms with E-state index in [-0.39, 0.29) is 0 Å².